The number of carbonyl (C=O) groups is 2. The maximum atomic E-state index is 13.4. The minimum absolute atomic E-state index is 0.000344. The summed E-state index contributed by atoms with van der Waals surface area (Å²) in [5.74, 6) is 0.546. The molecule has 1 fully saturated rings. The summed E-state index contributed by atoms with van der Waals surface area (Å²) in [6.07, 6.45) is 3.89. The van der Waals surface area contributed by atoms with E-state index in [1.807, 2.05) is 49.0 Å². The number of fused-ring (bicyclic) bond motifs is 2. The number of nitrogens with zero attached hydrogens (tertiary/aromatic N) is 3. The Labute approximate surface area is 289 Å². The Hall–Kier alpha value is -4.09. The van der Waals surface area contributed by atoms with E-state index in [0.717, 1.165) is 77.7 Å². The number of benzene rings is 3. The monoisotopic (exact) mass is 689 g/mol. The van der Waals surface area contributed by atoms with Crippen LogP contribution in [0.25, 0.3) is 11.1 Å². The minimum Gasteiger partial charge on any atom is -0.496 e. The Balaban J connectivity index is 1.09. The molecule has 10 nitrogen and oxygen atoms in total. The molecule has 0 saturated heterocycles. The summed E-state index contributed by atoms with van der Waals surface area (Å²) in [6.45, 7) is 3.79. The van der Waals surface area contributed by atoms with E-state index < -0.39 is 0 Å². The molecule has 0 radical (unpaired) electrons. The molecule has 12 heteroatoms. The standard InChI is InChI=1S/C36H37Cl2N5O5/c1-20-29-14-15-42(2)19-43(29)41-34(20)35(44)40-28-9-5-8-26(33(28)38)23-6-4-7-25-24(23)12-13-30(25)47-32-17-31(46-3)22(16-27(32)37)18-39-48-36(45)21-10-11-21/h4-9,16-17,21,30,39H,10-15,18-19H2,1-3H3,(H,40,44). The zero-order chi connectivity index (χ0) is 33.5. The summed E-state index contributed by atoms with van der Waals surface area (Å²) in [6, 6.07) is 15.3. The van der Waals surface area contributed by atoms with Gasteiger partial charge in [-0.2, -0.15) is 5.10 Å². The summed E-state index contributed by atoms with van der Waals surface area (Å²) in [7, 11) is 3.62. The van der Waals surface area contributed by atoms with Crippen LogP contribution in [0.2, 0.25) is 10.0 Å². The van der Waals surface area contributed by atoms with E-state index in [1.165, 1.54) is 0 Å². The van der Waals surface area contributed by atoms with Crippen molar-refractivity contribution in [2.75, 3.05) is 26.0 Å². The molecule has 3 aliphatic rings. The first-order chi connectivity index (χ1) is 23.2. The van der Waals surface area contributed by atoms with Gasteiger partial charge in [-0.25, -0.2) is 0 Å². The van der Waals surface area contributed by atoms with Gasteiger partial charge >= 0.3 is 5.97 Å². The van der Waals surface area contributed by atoms with Crippen LogP contribution >= 0.6 is 23.2 Å². The smallest absolute Gasteiger partial charge is 0.327 e. The zero-order valence-electron chi connectivity index (χ0n) is 27.1. The molecule has 0 bridgehead atoms. The van der Waals surface area contributed by atoms with Crippen LogP contribution < -0.4 is 20.3 Å². The topological polar surface area (TPSA) is 107 Å². The number of nitrogens with one attached hydrogen (secondary N) is 2. The van der Waals surface area contributed by atoms with Gasteiger partial charge in [0.2, 0.25) is 0 Å². The van der Waals surface area contributed by atoms with Gasteiger partial charge in [-0.1, -0.05) is 53.5 Å². The summed E-state index contributed by atoms with van der Waals surface area (Å²) >= 11 is 13.7. The van der Waals surface area contributed by atoms with Gasteiger partial charge in [-0.05, 0) is 68.5 Å². The van der Waals surface area contributed by atoms with E-state index in [2.05, 4.69) is 26.9 Å². The van der Waals surface area contributed by atoms with Crippen LogP contribution in [0.3, 0.4) is 0 Å². The third kappa shape index (κ3) is 6.37. The number of hydrogen-bond acceptors (Lipinski definition) is 8. The molecule has 2 aliphatic carbocycles. The van der Waals surface area contributed by atoms with E-state index in [0.29, 0.717) is 39.6 Å². The van der Waals surface area contributed by atoms with Crippen molar-refractivity contribution in [2.45, 2.75) is 58.3 Å². The normalized spacial score (nSPS) is 17.1. The predicted molar refractivity (Wildman–Crippen MR) is 183 cm³/mol. The number of aromatic nitrogens is 2. The fourth-order valence-electron chi connectivity index (χ4n) is 6.58. The number of hydroxylamine groups is 1. The number of ether oxygens (including phenoxy) is 2. The van der Waals surface area contributed by atoms with Gasteiger partial charge in [0.15, 0.2) is 5.69 Å². The Bertz CT molecular complexity index is 1910. The molecule has 48 heavy (non-hydrogen) atoms. The van der Waals surface area contributed by atoms with Crippen LogP contribution in [0.5, 0.6) is 11.5 Å². The lowest BCUT2D eigenvalue weighted by Gasteiger charge is -2.23. The van der Waals surface area contributed by atoms with Crippen molar-refractivity contribution in [1.82, 2.24) is 20.2 Å². The van der Waals surface area contributed by atoms with E-state index in [9.17, 15) is 9.59 Å². The fraction of sp³-hybridized carbons (Fsp3) is 0.361. The molecule has 1 amide bonds. The van der Waals surface area contributed by atoms with Crippen LogP contribution in [0, 0.1) is 12.8 Å². The average molecular weight is 691 g/mol. The average Bonchev–Trinajstić information content (AvgIpc) is 3.78. The Morgan fingerprint density at radius 3 is 2.60 bits per heavy atom. The largest absolute Gasteiger partial charge is 0.496 e. The van der Waals surface area contributed by atoms with Gasteiger partial charge in [-0.3, -0.25) is 19.2 Å². The number of methoxy groups -OCH3 is 1. The van der Waals surface area contributed by atoms with Crippen LogP contribution in [0.15, 0.2) is 48.5 Å². The number of hydrogen-bond donors (Lipinski definition) is 2. The maximum Gasteiger partial charge on any atom is 0.327 e. The number of carbonyl (C=O) groups excluding carboxylic acids is 2. The van der Waals surface area contributed by atoms with Crippen molar-refractivity contribution in [3.8, 4) is 22.6 Å². The second-order valence-corrected chi connectivity index (χ2v) is 13.4. The van der Waals surface area contributed by atoms with Crippen molar-refractivity contribution in [3.05, 3.63) is 92.2 Å². The third-order valence-electron chi connectivity index (χ3n) is 9.34. The van der Waals surface area contributed by atoms with Gasteiger partial charge in [0.1, 0.15) is 17.6 Å². The highest BCUT2D eigenvalue weighted by molar-refractivity contribution is 6.36. The molecule has 1 aliphatic heterocycles. The molecular formula is C36H37Cl2N5O5. The van der Waals surface area contributed by atoms with Crippen molar-refractivity contribution < 1.29 is 23.9 Å². The van der Waals surface area contributed by atoms with E-state index in [4.69, 9.17) is 37.5 Å². The Kier molecular flexibility index (Phi) is 9.08. The Morgan fingerprint density at radius 1 is 1.02 bits per heavy atom. The van der Waals surface area contributed by atoms with Crippen LogP contribution in [-0.2, 0) is 35.7 Å². The van der Waals surface area contributed by atoms with Crippen molar-refractivity contribution in [2.24, 2.45) is 5.92 Å². The summed E-state index contributed by atoms with van der Waals surface area (Å²) < 4.78 is 14.0. The van der Waals surface area contributed by atoms with E-state index >= 15 is 0 Å². The summed E-state index contributed by atoms with van der Waals surface area (Å²) in [5, 5.41) is 8.52. The second kappa shape index (κ2) is 13.4. The van der Waals surface area contributed by atoms with Gasteiger partial charge in [0.05, 0.1) is 42.0 Å². The highest BCUT2D eigenvalue weighted by atomic mass is 35.5. The lowest BCUT2D eigenvalue weighted by atomic mass is 9.96. The van der Waals surface area contributed by atoms with E-state index in [1.54, 1.807) is 19.2 Å². The lowest BCUT2D eigenvalue weighted by Crippen LogP contribution is -2.31. The number of halogens is 2. The molecule has 1 atom stereocenters. The molecule has 1 unspecified atom stereocenters. The predicted octanol–water partition coefficient (Wildman–Crippen LogP) is 6.90. The number of likely N-dealkylation sites (N-methyl/N-ethyl adjacent to an activating group) is 1. The highest BCUT2D eigenvalue weighted by Gasteiger charge is 2.32. The van der Waals surface area contributed by atoms with Gasteiger partial charge < -0.3 is 19.6 Å². The number of rotatable bonds is 10. The molecule has 1 aromatic heterocycles. The van der Waals surface area contributed by atoms with Gasteiger partial charge in [-0.15, -0.1) is 5.48 Å². The zero-order valence-corrected chi connectivity index (χ0v) is 28.6. The molecule has 0 spiro atoms. The van der Waals surface area contributed by atoms with Gasteiger partial charge in [0, 0.05) is 41.4 Å². The van der Waals surface area contributed by atoms with Crippen LogP contribution in [0.1, 0.15) is 63.8 Å². The SMILES string of the molecule is COc1cc(OC2CCc3c(-c4cccc(NC(=O)c5nn6c(c5C)CCN(C)C6)c4Cl)cccc32)c(Cl)cc1CNOC(=O)C1CC1. The molecular weight excluding hydrogens is 653 g/mol. The number of amides is 1. The van der Waals surface area contributed by atoms with Crippen molar-refractivity contribution in [3.63, 3.8) is 0 Å². The maximum absolute atomic E-state index is 13.4. The summed E-state index contributed by atoms with van der Waals surface area (Å²) in [4.78, 5) is 32.6. The molecule has 250 valence electrons. The summed E-state index contributed by atoms with van der Waals surface area (Å²) in [5.41, 5.74) is 10.4. The molecule has 3 aromatic carbocycles. The van der Waals surface area contributed by atoms with Crippen molar-refractivity contribution >= 4 is 40.8 Å². The molecule has 2 heterocycles. The molecule has 1 saturated carbocycles. The van der Waals surface area contributed by atoms with Gasteiger partial charge in [0.25, 0.3) is 5.91 Å². The molecule has 2 N–H and O–H groups in total. The van der Waals surface area contributed by atoms with Crippen LogP contribution in [-0.4, -0.2) is 47.3 Å². The van der Waals surface area contributed by atoms with E-state index in [-0.39, 0.29) is 30.4 Å². The quantitative estimate of drug-likeness (QED) is 0.173. The van der Waals surface area contributed by atoms with Crippen LogP contribution in [0.4, 0.5) is 5.69 Å². The minimum atomic E-state index is -0.281. The number of anilines is 1. The fourth-order valence-corrected chi connectivity index (χ4v) is 7.08. The molecule has 7 rings (SSSR count). The second-order valence-electron chi connectivity index (χ2n) is 12.6. The third-order valence-corrected chi connectivity index (χ3v) is 10.0. The highest BCUT2D eigenvalue weighted by Crippen LogP contribution is 2.45. The van der Waals surface area contributed by atoms with Crippen molar-refractivity contribution in [1.29, 1.82) is 0 Å². The first kappa shape index (κ1) is 32.5. The lowest BCUT2D eigenvalue weighted by molar-refractivity contribution is -0.153. The first-order valence-electron chi connectivity index (χ1n) is 16.1. The first-order valence-corrected chi connectivity index (χ1v) is 16.9. The molecule has 4 aromatic rings. The Morgan fingerprint density at radius 2 is 1.81 bits per heavy atom.